The van der Waals surface area contributed by atoms with Gasteiger partial charge in [-0.15, -0.1) is 0 Å². The summed E-state index contributed by atoms with van der Waals surface area (Å²) in [4.78, 5) is 0. The van der Waals surface area contributed by atoms with E-state index in [2.05, 4.69) is 48.5 Å². The molecule has 8 atom stereocenters. The zero-order valence-electron chi connectivity index (χ0n) is 14.4. The summed E-state index contributed by atoms with van der Waals surface area (Å²) in [6.07, 6.45) is 5.82. The average molecular weight is 264 g/mol. The van der Waals surface area contributed by atoms with Crippen molar-refractivity contribution in [2.24, 2.45) is 46.8 Å². The van der Waals surface area contributed by atoms with Crippen molar-refractivity contribution in [2.45, 2.75) is 74.1 Å². The SMILES string of the molecule is CC1CC(C)C(C)(C2C(C)CCC(C)C2C)CC1C. The lowest BCUT2D eigenvalue weighted by molar-refractivity contribution is -0.0711. The standard InChI is InChI=1S/C19H36/c1-12-8-9-13(2)18(17(12)6)19(7)11-15(4)14(3)10-16(19)5/h12-18H,8-11H2,1-7H3. The fourth-order valence-corrected chi connectivity index (χ4v) is 5.71. The van der Waals surface area contributed by atoms with Crippen molar-refractivity contribution in [2.75, 3.05) is 0 Å². The van der Waals surface area contributed by atoms with Crippen LogP contribution in [0.3, 0.4) is 0 Å². The molecule has 0 N–H and O–H groups in total. The molecule has 8 unspecified atom stereocenters. The van der Waals surface area contributed by atoms with Crippen molar-refractivity contribution in [3.8, 4) is 0 Å². The Morgan fingerprint density at radius 1 is 0.737 bits per heavy atom. The molecule has 2 aliphatic carbocycles. The molecule has 0 aromatic heterocycles. The molecule has 2 rings (SSSR count). The zero-order chi connectivity index (χ0) is 14.4. The van der Waals surface area contributed by atoms with Gasteiger partial charge in [0.25, 0.3) is 0 Å². The van der Waals surface area contributed by atoms with E-state index in [1.54, 1.807) is 0 Å². The zero-order valence-corrected chi connectivity index (χ0v) is 14.4. The summed E-state index contributed by atoms with van der Waals surface area (Å²) < 4.78 is 0. The molecule has 0 aliphatic heterocycles. The molecule has 112 valence electrons. The molecule has 0 saturated heterocycles. The van der Waals surface area contributed by atoms with Crippen molar-refractivity contribution in [3.63, 3.8) is 0 Å². The molecule has 0 heterocycles. The molecule has 0 aromatic carbocycles. The Balaban J connectivity index is 2.26. The van der Waals surface area contributed by atoms with Crippen LogP contribution in [0.4, 0.5) is 0 Å². The molecule has 19 heavy (non-hydrogen) atoms. The first-order chi connectivity index (χ1) is 8.77. The first kappa shape index (κ1) is 15.4. The summed E-state index contributed by atoms with van der Waals surface area (Å²) in [7, 11) is 0. The van der Waals surface area contributed by atoms with Gasteiger partial charge in [0.15, 0.2) is 0 Å². The molecular formula is C19H36. The molecule has 2 fully saturated rings. The van der Waals surface area contributed by atoms with E-state index in [1.165, 1.54) is 25.7 Å². The van der Waals surface area contributed by atoms with E-state index < -0.39 is 0 Å². The van der Waals surface area contributed by atoms with Gasteiger partial charge in [-0.1, -0.05) is 61.3 Å². The van der Waals surface area contributed by atoms with Crippen LogP contribution in [0.15, 0.2) is 0 Å². The molecular weight excluding hydrogens is 228 g/mol. The molecule has 0 bridgehead atoms. The van der Waals surface area contributed by atoms with Gasteiger partial charge in [0.05, 0.1) is 0 Å². The molecule has 0 amide bonds. The average Bonchev–Trinajstić information content (AvgIpc) is 2.32. The minimum absolute atomic E-state index is 0.583. The van der Waals surface area contributed by atoms with Crippen LogP contribution in [0.2, 0.25) is 0 Å². The van der Waals surface area contributed by atoms with Gasteiger partial charge < -0.3 is 0 Å². The summed E-state index contributed by atoms with van der Waals surface area (Å²) >= 11 is 0. The summed E-state index contributed by atoms with van der Waals surface area (Å²) in [5.74, 6) is 6.46. The monoisotopic (exact) mass is 264 g/mol. The van der Waals surface area contributed by atoms with Gasteiger partial charge >= 0.3 is 0 Å². The number of hydrogen-bond acceptors (Lipinski definition) is 0. The third-order valence-electron chi connectivity index (χ3n) is 7.50. The van der Waals surface area contributed by atoms with Crippen LogP contribution < -0.4 is 0 Å². The van der Waals surface area contributed by atoms with Crippen LogP contribution in [0, 0.1) is 46.8 Å². The number of rotatable bonds is 1. The minimum Gasteiger partial charge on any atom is -0.0622 e. The van der Waals surface area contributed by atoms with Gasteiger partial charge in [0, 0.05) is 0 Å². The van der Waals surface area contributed by atoms with E-state index in [4.69, 9.17) is 0 Å². The predicted octanol–water partition coefficient (Wildman–Crippen LogP) is 6.01. The highest BCUT2D eigenvalue weighted by Gasteiger charge is 2.50. The van der Waals surface area contributed by atoms with Crippen molar-refractivity contribution < 1.29 is 0 Å². The summed E-state index contributed by atoms with van der Waals surface area (Å²) in [6, 6.07) is 0. The Morgan fingerprint density at radius 2 is 1.32 bits per heavy atom. The first-order valence-electron chi connectivity index (χ1n) is 8.77. The first-order valence-corrected chi connectivity index (χ1v) is 8.77. The summed E-state index contributed by atoms with van der Waals surface area (Å²) in [6.45, 7) is 17.7. The maximum atomic E-state index is 2.63. The minimum atomic E-state index is 0.583. The third kappa shape index (κ3) is 2.61. The molecule has 0 aromatic rings. The van der Waals surface area contributed by atoms with Crippen molar-refractivity contribution >= 4 is 0 Å². The Bertz CT molecular complexity index is 307. The molecule has 0 heteroatoms. The van der Waals surface area contributed by atoms with E-state index in [-0.39, 0.29) is 0 Å². The lowest BCUT2D eigenvalue weighted by Gasteiger charge is -2.56. The Kier molecular flexibility index (Phi) is 4.38. The van der Waals surface area contributed by atoms with E-state index in [0.29, 0.717) is 5.41 Å². The van der Waals surface area contributed by atoms with Crippen LogP contribution in [0.5, 0.6) is 0 Å². The molecule has 2 saturated carbocycles. The van der Waals surface area contributed by atoms with E-state index in [0.717, 1.165) is 41.4 Å². The number of hydrogen-bond donors (Lipinski definition) is 0. The van der Waals surface area contributed by atoms with Crippen molar-refractivity contribution in [1.82, 2.24) is 0 Å². The van der Waals surface area contributed by atoms with Gasteiger partial charge in [-0.05, 0) is 59.7 Å². The quantitative estimate of drug-likeness (QED) is 0.544. The second-order valence-corrected chi connectivity index (χ2v) is 8.72. The van der Waals surface area contributed by atoms with Gasteiger partial charge in [-0.2, -0.15) is 0 Å². The lowest BCUT2D eigenvalue weighted by Crippen LogP contribution is -2.49. The second kappa shape index (κ2) is 5.41. The van der Waals surface area contributed by atoms with Crippen LogP contribution in [-0.4, -0.2) is 0 Å². The molecule has 2 aliphatic rings. The third-order valence-corrected chi connectivity index (χ3v) is 7.50. The van der Waals surface area contributed by atoms with Gasteiger partial charge in [0.2, 0.25) is 0 Å². The summed E-state index contributed by atoms with van der Waals surface area (Å²) in [5, 5.41) is 0. The highest BCUT2D eigenvalue weighted by atomic mass is 14.5. The summed E-state index contributed by atoms with van der Waals surface area (Å²) in [5.41, 5.74) is 0.583. The van der Waals surface area contributed by atoms with Crippen molar-refractivity contribution in [3.05, 3.63) is 0 Å². The Morgan fingerprint density at radius 3 is 1.95 bits per heavy atom. The van der Waals surface area contributed by atoms with Gasteiger partial charge in [-0.3, -0.25) is 0 Å². The maximum absolute atomic E-state index is 2.63. The van der Waals surface area contributed by atoms with Crippen LogP contribution in [0.1, 0.15) is 74.1 Å². The highest BCUT2D eigenvalue weighted by molar-refractivity contribution is 4.99. The van der Waals surface area contributed by atoms with E-state index in [9.17, 15) is 0 Å². The topological polar surface area (TPSA) is 0 Å². The van der Waals surface area contributed by atoms with Crippen molar-refractivity contribution in [1.29, 1.82) is 0 Å². The second-order valence-electron chi connectivity index (χ2n) is 8.72. The lowest BCUT2D eigenvalue weighted by atomic mass is 9.49. The van der Waals surface area contributed by atoms with Gasteiger partial charge in [-0.25, -0.2) is 0 Å². The predicted molar refractivity (Wildman–Crippen MR) is 85.0 cm³/mol. The fourth-order valence-electron chi connectivity index (χ4n) is 5.71. The largest absolute Gasteiger partial charge is 0.0622 e. The normalized spacial score (nSPS) is 56.1. The molecule has 0 spiro atoms. The maximum Gasteiger partial charge on any atom is -0.0264 e. The smallest absolute Gasteiger partial charge is 0.0264 e. The van der Waals surface area contributed by atoms with Gasteiger partial charge in [0.1, 0.15) is 0 Å². The van der Waals surface area contributed by atoms with Crippen LogP contribution >= 0.6 is 0 Å². The Labute approximate surface area is 121 Å². The molecule has 0 radical (unpaired) electrons. The highest BCUT2D eigenvalue weighted by Crippen LogP contribution is 2.57. The van der Waals surface area contributed by atoms with E-state index in [1.807, 2.05) is 0 Å². The van der Waals surface area contributed by atoms with E-state index >= 15 is 0 Å². The van der Waals surface area contributed by atoms with Crippen LogP contribution in [-0.2, 0) is 0 Å². The van der Waals surface area contributed by atoms with Crippen LogP contribution in [0.25, 0.3) is 0 Å². The fraction of sp³-hybridized carbons (Fsp3) is 1.00. The Hall–Kier alpha value is 0. The molecule has 0 nitrogen and oxygen atoms in total.